The minimum absolute atomic E-state index is 0.0178. The van der Waals surface area contributed by atoms with Gasteiger partial charge in [0, 0.05) is 43.7 Å². The van der Waals surface area contributed by atoms with Crippen molar-refractivity contribution < 1.29 is 13.9 Å². The van der Waals surface area contributed by atoms with Gasteiger partial charge in [0.15, 0.2) is 0 Å². The van der Waals surface area contributed by atoms with Gasteiger partial charge in [-0.3, -0.25) is 4.79 Å². The lowest BCUT2D eigenvalue weighted by Gasteiger charge is -2.33. The number of nitrogens with zero attached hydrogens (tertiary/aromatic N) is 4. The van der Waals surface area contributed by atoms with Crippen molar-refractivity contribution in [2.45, 2.75) is 13.3 Å². The van der Waals surface area contributed by atoms with E-state index in [4.69, 9.17) is 9.15 Å². The number of rotatable bonds is 5. The fraction of sp³-hybridized carbons (Fsp3) is 0.318. The number of hydrogen-bond donors (Lipinski definition) is 0. The molecule has 1 aliphatic heterocycles. The molecule has 1 fully saturated rings. The van der Waals surface area contributed by atoms with Gasteiger partial charge in [0.05, 0.1) is 7.11 Å². The monoisotopic (exact) mass is 392 g/mol. The Morgan fingerprint density at radius 2 is 1.83 bits per heavy atom. The van der Waals surface area contributed by atoms with Crippen molar-refractivity contribution in [3.63, 3.8) is 0 Å². The Kier molecular flexibility index (Phi) is 5.46. The van der Waals surface area contributed by atoms with E-state index in [1.807, 2.05) is 65.3 Å². The number of amides is 1. The molecule has 0 unspecified atom stereocenters. The van der Waals surface area contributed by atoms with Crippen molar-refractivity contribution in [1.82, 2.24) is 15.1 Å². The lowest BCUT2D eigenvalue weighted by Crippen LogP contribution is -2.49. The molecular formula is C22H24N4O3. The Labute approximate surface area is 169 Å². The lowest BCUT2D eigenvalue weighted by molar-refractivity contribution is 0.0745. The zero-order chi connectivity index (χ0) is 20.2. The largest absolute Gasteiger partial charge is 0.496 e. The van der Waals surface area contributed by atoms with Crippen LogP contribution >= 0.6 is 0 Å². The maximum Gasteiger partial charge on any atom is 0.318 e. The molecule has 1 amide bonds. The molecule has 29 heavy (non-hydrogen) atoms. The van der Waals surface area contributed by atoms with Gasteiger partial charge in [0.25, 0.3) is 5.91 Å². The minimum Gasteiger partial charge on any atom is -0.496 e. The normalized spacial score (nSPS) is 14.1. The molecule has 1 aliphatic rings. The van der Waals surface area contributed by atoms with E-state index in [1.54, 1.807) is 7.11 Å². The summed E-state index contributed by atoms with van der Waals surface area (Å²) in [7, 11) is 1.64. The number of aromatic nitrogens is 2. The third-order valence-corrected chi connectivity index (χ3v) is 5.13. The number of carbonyl (C=O) groups excluding carboxylic acids is 1. The Morgan fingerprint density at radius 1 is 1.07 bits per heavy atom. The van der Waals surface area contributed by atoms with Gasteiger partial charge in [0.2, 0.25) is 5.89 Å². The molecule has 150 valence electrons. The van der Waals surface area contributed by atoms with E-state index in [0.717, 1.165) is 16.9 Å². The number of benzene rings is 2. The first kappa shape index (κ1) is 19.0. The second-order valence-electron chi connectivity index (χ2n) is 6.89. The maximum absolute atomic E-state index is 13.1. The highest BCUT2D eigenvalue weighted by Gasteiger charge is 2.25. The second-order valence-corrected chi connectivity index (χ2v) is 6.89. The first-order valence-electron chi connectivity index (χ1n) is 9.79. The van der Waals surface area contributed by atoms with Gasteiger partial charge >= 0.3 is 6.01 Å². The summed E-state index contributed by atoms with van der Waals surface area (Å²) in [6.07, 6.45) is 0.715. The topological polar surface area (TPSA) is 71.7 Å². The quantitative estimate of drug-likeness (QED) is 0.664. The predicted molar refractivity (Wildman–Crippen MR) is 110 cm³/mol. The predicted octanol–water partition coefficient (Wildman–Crippen LogP) is 3.27. The van der Waals surface area contributed by atoms with Crippen LogP contribution in [0.5, 0.6) is 5.75 Å². The summed E-state index contributed by atoms with van der Waals surface area (Å²) in [5.41, 5.74) is 2.59. The summed E-state index contributed by atoms with van der Waals surface area (Å²) in [6.45, 7) is 4.52. The van der Waals surface area contributed by atoms with Crippen LogP contribution in [0, 0.1) is 0 Å². The van der Waals surface area contributed by atoms with Gasteiger partial charge in [-0.25, -0.2) is 0 Å². The van der Waals surface area contributed by atoms with E-state index in [0.29, 0.717) is 50.1 Å². The molecule has 2 heterocycles. The fourth-order valence-corrected chi connectivity index (χ4v) is 3.48. The molecule has 0 saturated carbocycles. The summed E-state index contributed by atoms with van der Waals surface area (Å²) < 4.78 is 11.1. The molecule has 4 rings (SSSR count). The van der Waals surface area contributed by atoms with Crippen LogP contribution in [-0.2, 0) is 6.42 Å². The number of aryl methyl sites for hydroxylation is 1. The van der Waals surface area contributed by atoms with Crippen LogP contribution < -0.4 is 9.64 Å². The molecule has 1 aromatic heterocycles. The van der Waals surface area contributed by atoms with Gasteiger partial charge in [-0.2, -0.15) is 0 Å². The number of methoxy groups -OCH3 is 1. The molecule has 0 N–H and O–H groups in total. The average Bonchev–Trinajstić information content (AvgIpc) is 3.28. The fourth-order valence-electron chi connectivity index (χ4n) is 3.48. The highest BCUT2D eigenvalue weighted by molar-refractivity contribution is 5.96. The standard InChI is InChI=1S/C22H24N4O3/c1-3-20-23-24-22(29-20)26-13-11-25(12-14-26)21(27)17-9-10-19(28-2)18(15-17)16-7-5-4-6-8-16/h4-10,15H,3,11-14H2,1-2H3. The number of hydrogen-bond acceptors (Lipinski definition) is 6. The molecule has 2 aromatic carbocycles. The summed E-state index contributed by atoms with van der Waals surface area (Å²) in [5.74, 6) is 1.40. The van der Waals surface area contributed by atoms with E-state index in [1.165, 1.54) is 0 Å². The van der Waals surface area contributed by atoms with Crippen molar-refractivity contribution in [1.29, 1.82) is 0 Å². The number of ether oxygens (including phenoxy) is 1. The van der Waals surface area contributed by atoms with Crippen LogP contribution in [0.1, 0.15) is 23.2 Å². The van der Waals surface area contributed by atoms with Crippen molar-refractivity contribution in [3.8, 4) is 16.9 Å². The van der Waals surface area contributed by atoms with Gasteiger partial charge in [-0.1, -0.05) is 42.4 Å². The maximum atomic E-state index is 13.1. The Bertz CT molecular complexity index is 979. The van der Waals surface area contributed by atoms with Crippen LogP contribution in [0.25, 0.3) is 11.1 Å². The summed E-state index contributed by atoms with van der Waals surface area (Å²) >= 11 is 0. The summed E-state index contributed by atoms with van der Waals surface area (Å²) in [5, 5.41) is 8.11. The Morgan fingerprint density at radius 3 is 2.48 bits per heavy atom. The van der Waals surface area contributed by atoms with Crippen molar-refractivity contribution >= 4 is 11.9 Å². The first-order chi connectivity index (χ1) is 14.2. The van der Waals surface area contributed by atoms with Crippen LogP contribution in [0.3, 0.4) is 0 Å². The average molecular weight is 392 g/mol. The smallest absolute Gasteiger partial charge is 0.318 e. The van der Waals surface area contributed by atoms with E-state index >= 15 is 0 Å². The van der Waals surface area contributed by atoms with Gasteiger partial charge in [0.1, 0.15) is 5.75 Å². The zero-order valence-electron chi connectivity index (χ0n) is 16.7. The number of carbonyl (C=O) groups is 1. The Hall–Kier alpha value is -3.35. The highest BCUT2D eigenvalue weighted by Crippen LogP contribution is 2.31. The molecule has 0 bridgehead atoms. The molecular weight excluding hydrogens is 368 g/mol. The third kappa shape index (κ3) is 3.94. The molecule has 0 aliphatic carbocycles. The van der Waals surface area contributed by atoms with E-state index in [-0.39, 0.29) is 5.91 Å². The summed E-state index contributed by atoms with van der Waals surface area (Å²) in [6, 6.07) is 16.1. The third-order valence-electron chi connectivity index (χ3n) is 5.13. The zero-order valence-corrected chi connectivity index (χ0v) is 16.7. The lowest BCUT2D eigenvalue weighted by atomic mass is 10.0. The van der Waals surface area contributed by atoms with Crippen molar-refractivity contribution in [3.05, 3.63) is 60.0 Å². The highest BCUT2D eigenvalue weighted by atomic mass is 16.5. The van der Waals surface area contributed by atoms with Gasteiger partial charge in [-0.05, 0) is 23.8 Å². The summed E-state index contributed by atoms with van der Waals surface area (Å²) in [4.78, 5) is 17.0. The molecule has 7 nitrogen and oxygen atoms in total. The van der Waals surface area contributed by atoms with E-state index in [2.05, 4.69) is 10.2 Å². The van der Waals surface area contributed by atoms with E-state index < -0.39 is 0 Å². The number of piperazine rings is 1. The molecule has 1 saturated heterocycles. The van der Waals surface area contributed by atoms with Crippen molar-refractivity contribution in [2.75, 3.05) is 38.2 Å². The number of anilines is 1. The second kappa shape index (κ2) is 8.34. The molecule has 3 aromatic rings. The van der Waals surface area contributed by atoms with Crippen LogP contribution in [0.2, 0.25) is 0 Å². The Balaban J connectivity index is 1.49. The minimum atomic E-state index is 0.0178. The van der Waals surface area contributed by atoms with E-state index in [9.17, 15) is 4.79 Å². The van der Waals surface area contributed by atoms with Crippen LogP contribution in [0.15, 0.2) is 52.9 Å². The molecule has 0 radical (unpaired) electrons. The SMILES string of the molecule is CCc1nnc(N2CCN(C(=O)c3ccc(OC)c(-c4ccccc4)c3)CC2)o1. The van der Waals surface area contributed by atoms with Crippen LogP contribution in [-0.4, -0.2) is 54.3 Å². The molecule has 0 spiro atoms. The van der Waals surface area contributed by atoms with Gasteiger partial charge < -0.3 is 19.0 Å². The van der Waals surface area contributed by atoms with Crippen molar-refractivity contribution in [2.24, 2.45) is 0 Å². The van der Waals surface area contributed by atoms with Gasteiger partial charge in [-0.15, -0.1) is 5.10 Å². The first-order valence-corrected chi connectivity index (χ1v) is 9.79. The molecule has 7 heteroatoms. The molecule has 0 atom stereocenters. The van der Waals surface area contributed by atoms with Crippen LogP contribution in [0.4, 0.5) is 6.01 Å².